The normalized spacial score (nSPS) is 22.8. The monoisotopic (exact) mass is 381 g/mol. The number of nitrogens with zero attached hydrogens (tertiary/aromatic N) is 5. The molecule has 1 unspecified atom stereocenters. The number of likely N-dealkylation sites (N-methyl/N-ethyl adjacent to an activating group) is 1. The number of aromatic nitrogens is 2. The van der Waals surface area contributed by atoms with Crippen molar-refractivity contribution in [3.63, 3.8) is 0 Å². The Bertz CT molecular complexity index is 750. The van der Waals surface area contributed by atoms with E-state index in [1.165, 1.54) is 0 Å². The van der Waals surface area contributed by atoms with Crippen LogP contribution in [0.5, 0.6) is 0 Å². The van der Waals surface area contributed by atoms with Gasteiger partial charge in [-0.1, -0.05) is 6.92 Å². The molecule has 142 valence electrons. The molecule has 9 heteroatoms. The molecule has 0 saturated carbocycles. The van der Waals surface area contributed by atoms with Gasteiger partial charge < -0.3 is 19.4 Å². The van der Waals surface area contributed by atoms with Crippen LogP contribution in [0, 0.1) is 0 Å². The lowest BCUT2D eigenvalue weighted by atomic mass is 9.86. The number of carbonyl (C=O) groups excluding carboxylic acids is 2. The second-order valence-corrected chi connectivity index (χ2v) is 7.99. The Kier molecular flexibility index (Phi) is 4.50. The number of halogens is 1. The summed E-state index contributed by atoms with van der Waals surface area (Å²) in [5, 5.41) is 0.131. The summed E-state index contributed by atoms with van der Waals surface area (Å²) in [6.07, 6.45) is 1.67. The summed E-state index contributed by atoms with van der Waals surface area (Å²) in [7, 11) is 1.69. The summed E-state index contributed by atoms with van der Waals surface area (Å²) in [4.78, 5) is 39.2. The average molecular weight is 382 g/mol. The van der Waals surface area contributed by atoms with E-state index in [9.17, 15) is 9.59 Å². The van der Waals surface area contributed by atoms with Crippen molar-refractivity contribution in [1.29, 1.82) is 0 Å². The fourth-order valence-corrected chi connectivity index (χ4v) is 3.67. The summed E-state index contributed by atoms with van der Waals surface area (Å²) in [5.41, 5.74) is -0.864. The quantitative estimate of drug-likeness (QED) is 0.694. The largest absolute Gasteiger partial charge is 0.444 e. The second kappa shape index (κ2) is 6.26. The van der Waals surface area contributed by atoms with Crippen molar-refractivity contribution in [2.45, 2.75) is 45.3 Å². The Balaban J connectivity index is 1.98. The third-order valence-corrected chi connectivity index (χ3v) is 5.02. The molecule has 0 radical (unpaired) electrons. The van der Waals surface area contributed by atoms with E-state index in [4.69, 9.17) is 16.3 Å². The topological polar surface area (TPSA) is 78.9 Å². The van der Waals surface area contributed by atoms with E-state index in [1.807, 2.05) is 32.6 Å². The summed E-state index contributed by atoms with van der Waals surface area (Å²) < 4.78 is 5.49. The second-order valence-electron chi connectivity index (χ2n) is 7.65. The smallest absolute Gasteiger partial charge is 0.410 e. The van der Waals surface area contributed by atoms with E-state index in [0.29, 0.717) is 31.0 Å². The van der Waals surface area contributed by atoms with Gasteiger partial charge in [-0.05, 0) is 38.8 Å². The van der Waals surface area contributed by atoms with Gasteiger partial charge in [0.15, 0.2) is 5.82 Å². The molecule has 8 nitrogen and oxygen atoms in total. The number of piperazine rings is 1. The summed E-state index contributed by atoms with van der Waals surface area (Å²) >= 11 is 6.00. The van der Waals surface area contributed by atoms with Crippen LogP contribution in [-0.4, -0.2) is 64.7 Å². The maximum atomic E-state index is 13.2. The van der Waals surface area contributed by atoms with Crippen LogP contribution in [0.15, 0.2) is 6.20 Å². The lowest BCUT2D eigenvalue weighted by Crippen LogP contribution is -2.72. The van der Waals surface area contributed by atoms with E-state index in [2.05, 4.69) is 9.97 Å². The third kappa shape index (κ3) is 2.96. The maximum absolute atomic E-state index is 13.2. The number of carbonyl (C=O) groups is 2. The number of amides is 2. The van der Waals surface area contributed by atoms with E-state index in [1.54, 1.807) is 23.0 Å². The van der Waals surface area contributed by atoms with Gasteiger partial charge in [-0.15, -0.1) is 0 Å². The van der Waals surface area contributed by atoms with Crippen LogP contribution in [0.1, 0.15) is 34.1 Å². The Hall–Kier alpha value is -2.09. The highest BCUT2D eigenvalue weighted by molar-refractivity contribution is 6.28. The number of fused-ring (bicyclic) bond motifs is 3. The molecule has 0 N–H and O–H groups in total. The third-order valence-electron chi connectivity index (χ3n) is 4.84. The van der Waals surface area contributed by atoms with Crippen LogP contribution in [0.4, 0.5) is 16.3 Å². The van der Waals surface area contributed by atoms with Gasteiger partial charge in [-0.3, -0.25) is 4.79 Å². The molecule has 1 fully saturated rings. The fraction of sp³-hybridized carbons (Fsp3) is 0.647. The molecule has 1 aromatic rings. The van der Waals surface area contributed by atoms with Gasteiger partial charge >= 0.3 is 6.09 Å². The van der Waals surface area contributed by atoms with Crippen molar-refractivity contribution in [3.05, 3.63) is 11.5 Å². The molecule has 0 spiro atoms. The lowest BCUT2D eigenvalue weighted by Gasteiger charge is -2.53. The van der Waals surface area contributed by atoms with Gasteiger partial charge in [0.05, 0.1) is 12.7 Å². The van der Waals surface area contributed by atoms with Crippen molar-refractivity contribution in [2.75, 3.05) is 36.5 Å². The van der Waals surface area contributed by atoms with Crippen LogP contribution in [0.2, 0.25) is 5.28 Å². The zero-order valence-corrected chi connectivity index (χ0v) is 16.5. The zero-order valence-electron chi connectivity index (χ0n) is 15.7. The van der Waals surface area contributed by atoms with Crippen molar-refractivity contribution >= 4 is 35.1 Å². The Morgan fingerprint density at radius 3 is 2.69 bits per heavy atom. The van der Waals surface area contributed by atoms with Gasteiger partial charge in [-0.25, -0.2) is 9.78 Å². The minimum absolute atomic E-state index is 0.0910. The molecule has 0 bridgehead atoms. The van der Waals surface area contributed by atoms with Gasteiger partial charge in [0.1, 0.15) is 16.8 Å². The molecule has 2 aliphatic rings. The van der Waals surface area contributed by atoms with Crippen molar-refractivity contribution in [1.82, 2.24) is 14.9 Å². The molecule has 1 saturated heterocycles. The highest BCUT2D eigenvalue weighted by Gasteiger charge is 2.54. The van der Waals surface area contributed by atoms with Crippen molar-refractivity contribution < 1.29 is 14.3 Å². The number of ether oxygens (including phenoxy) is 1. The molecule has 3 heterocycles. The first-order valence-electron chi connectivity index (χ1n) is 8.65. The Morgan fingerprint density at radius 2 is 2.08 bits per heavy atom. The molecule has 1 atom stereocenters. The standard InChI is InChI=1S/C17H24ClN5O3/c1-6-17-10-22(15(25)26-16(2,3)4)7-8-23(17)12-11(21(5)13(17)24)9-19-14(18)20-12/h9H,6-8,10H2,1-5H3. The average Bonchev–Trinajstić information content (AvgIpc) is 2.57. The van der Waals surface area contributed by atoms with Crippen LogP contribution in [0.25, 0.3) is 0 Å². The number of anilines is 2. The molecule has 2 amide bonds. The fourth-order valence-electron chi connectivity index (χ4n) is 3.55. The first-order valence-corrected chi connectivity index (χ1v) is 9.03. The molecule has 26 heavy (non-hydrogen) atoms. The van der Waals surface area contributed by atoms with Gasteiger partial charge in [0, 0.05) is 20.1 Å². The van der Waals surface area contributed by atoms with Gasteiger partial charge in [0.2, 0.25) is 5.28 Å². The van der Waals surface area contributed by atoms with Crippen LogP contribution in [-0.2, 0) is 9.53 Å². The van der Waals surface area contributed by atoms with Crippen molar-refractivity contribution in [3.8, 4) is 0 Å². The molecule has 0 aliphatic carbocycles. The number of hydrogen-bond donors (Lipinski definition) is 0. The minimum atomic E-state index is -0.894. The zero-order chi connectivity index (χ0) is 19.3. The van der Waals surface area contributed by atoms with E-state index < -0.39 is 17.2 Å². The van der Waals surface area contributed by atoms with Gasteiger partial charge in [0.25, 0.3) is 5.91 Å². The van der Waals surface area contributed by atoms with E-state index in [-0.39, 0.29) is 17.7 Å². The summed E-state index contributed by atoms with van der Waals surface area (Å²) in [6.45, 7) is 8.55. The first kappa shape index (κ1) is 18.7. The predicted octanol–water partition coefficient (Wildman–Crippen LogP) is 2.31. The summed E-state index contributed by atoms with van der Waals surface area (Å²) in [6, 6.07) is 0. The molecule has 1 aromatic heterocycles. The number of rotatable bonds is 1. The van der Waals surface area contributed by atoms with Crippen LogP contribution < -0.4 is 9.80 Å². The molecule has 3 rings (SSSR count). The lowest BCUT2D eigenvalue weighted by molar-refractivity contribution is -0.125. The molecular formula is C17H24ClN5O3. The first-order chi connectivity index (χ1) is 12.1. The van der Waals surface area contributed by atoms with Crippen LogP contribution in [0.3, 0.4) is 0 Å². The minimum Gasteiger partial charge on any atom is -0.444 e. The van der Waals surface area contributed by atoms with E-state index in [0.717, 1.165) is 0 Å². The van der Waals surface area contributed by atoms with Crippen LogP contribution >= 0.6 is 11.6 Å². The predicted molar refractivity (Wildman–Crippen MR) is 98.6 cm³/mol. The Morgan fingerprint density at radius 1 is 1.38 bits per heavy atom. The van der Waals surface area contributed by atoms with Crippen molar-refractivity contribution in [2.24, 2.45) is 0 Å². The molecule has 0 aromatic carbocycles. The molecular weight excluding hydrogens is 358 g/mol. The highest BCUT2D eigenvalue weighted by Crippen LogP contribution is 2.42. The SMILES string of the molecule is CCC12CN(C(=O)OC(C)(C)C)CCN1c1nc(Cl)ncc1N(C)C2=O. The molecule has 2 aliphatic heterocycles. The maximum Gasteiger partial charge on any atom is 0.410 e. The Labute approximate surface area is 158 Å². The van der Waals surface area contributed by atoms with Gasteiger partial charge in [-0.2, -0.15) is 4.98 Å². The number of hydrogen-bond acceptors (Lipinski definition) is 6. The van der Waals surface area contributed by atoms with E-state index >= 15 is 0 Å². The summed E-state index contributed by atoms with van der Waals surface area (Å²) in [5.74, 6) is 0.532. The highest BCUT2D eigenvalue weighted by atomic mass is 35.5.